The van der Waals surface area contributed by atoms with Crippen LogP contribution in [0.5, 0.6) is 5.75 Å². The van der Waals surface area contributed by atoms with E-state index in [1.165, 1.54) is 6.92 Å². The van der Waals surface area contributed by atoms with Crippen molar-refractivity contribution in [2.75, 3.05) is 0 Å². The molecular formula is C13H14O4. The largest absolute Gasteiger partial charge is 0.488 e. The Morgan fingerprint density at radius 2 is 2.12 bits per heavy atom. The topological polar surface area (TPSA) is 63.6 Å². The van der Waals surface area contributed by atoms with Crippen molar-refractivity contribution in [3.63, 3.8) is 0 Å². The number of Topliss-reactive ketones (excluding diaryl/α,β-unsaturated/α-hetero) is 1. The minimum Gasteiger partial charge on any atom is -0.488 e. The van der Waals surface area contributed by atoms with Gasteiger partial charge in [0.25, 0.3) is 0 Å². The summed E-state index contributed by atoms with van der Waals surface area (Å²) in [6.45, 7) is 3.24. The van der Waals surface area contributed by atoms with Crippen LogP contribution in [0.25, 0.3) is 0 Å². The molecule has 4 heteroatoms. The summed E-state index contributed by atoms with van der Waals surface area (Å²) < 4.78 is 5.63. The van der Waals surface area contributed by atoms with Gasteiger partial charge in [-0.05, 0) is 25.5 Å². The van der Waals surface area contributed by atoms with Crippen LogP contribution in [0, 0.1) is 5.41 Å². The van der Waals surface area contributed by atoms with Gasteiger partial charge in [0.1, 0.15) is 11.9 Å². The van der Waals surface area contributed by atoms with Crippen molar-refractivity contribution in [2.45, 2.75) is 26.4 Å². The molecule has 0 radical (unpaired) electrons. The fraction of sp³-hybridized carbons (Fsp3) is 0.385. The lowest BCUT2D eigenvalue weighted by Crippen LogP contribution is -2.51. The first-order chi connectivity index (χ1) is 8.01. The molecule has 90 valence electrons. The molecule has 0 saturated carbocycles. The molecule has 0 bridgehead atoms. The molecule has 1 aromatic carbocycles. The van der Waals surface area contributed by atoms with E-state index in [0.29, 0.717) is 17.7 Å². The van der Waals surface area contributed by atoms with Crippen LogP contribution in [0.4, 0.5) is 0 Å². The van der Waals surface area contributed by atoms with Gasteiger partial charge in [0.05, 0.1) is 5.56 Å². The molecule has 0 aromatic heterocycles. The Morgan fingerprint density at radius 3 is 2.71 bits per heavy atom. The summed E-state index contributed by atoms with van der Waals surface area (Å²) in [7, 11) is 0. The van der Waals surface area contributed by atoms with Gasteiger partial charge in [0, 0.05) is 0 Å². The van der Waals surface area contributed by atoms with Crippen molar-refractivity contribution in [2.24, 2.45) is 5.41 Å². The Labute approximate surface area is 99.2 Å². The van der Waals surface area contributed by atoms with E-state index < -0.39 is 17.5 Å². The normalized spacial score (nSPS) is 27.2. The van der Waals surface area contributed by atoms with Crippen LogP contribution in [0.1, 0.15) is 30.6 Å². The molecule has 0 spiro atoms. The number of ketones is 1. The SMILES string of the molecule is CCC1Oc2ccccc2C(=O)C1(C)C(=O)O. The predicted octanol–water partition coefficient (Wildman–Crippen LogP) is 2.13. The van der Waals surface area contributed by atoms with Gasteiger partial charge in [-0.25, -0.2) is 0 Å². The average Bonchev–Trinajstić information content (AvgIpc) is 2.33. The van der Waals surface area contributed by atoms with E-state index in [1.807, 2.05) is 6.92 Å². The Hall–Kier alpha value is -1.84. The van der Waals surface area contributed by atoms with E-state index in [1.54, 1.807) is 24.3 Å². The standard InChI is InChI=1S/C13H14O4/c1-3-10-13(2,12(15)16)11(14)8-6-4-5-7-9(8)17-10/h4-7,10H,3H2,1-2H3,(H,15,16). The highest BCUT2D eigenvalue weighted by Gasteiger charge is 2.52. The molecule has 1 heterocycles. The first kappa shape index (κ1) is 11.6. The highest BCUT2D eigenvalue weighted by Crippen LogP contribution is 2.39. The second kappa shape index (κ2) is 3.87. The van der Waals surface area contributed by atoms with Gasteiger partial charge in [-0.1, -0.05) is 19.1 Å². The minimum absolute atomic E-state index is 0.349. The summed E-state index contributed by atoms with van der Waals surface area (Å²) in [4.78, 5) is 23.7. The van der Waals surface area contributed by atoms with Gasteiger partial charge < -0.3 is 9.84 Å². The molecule has 1 aromatic rings. The van der Waals surface area contributed by atoms with E-state index in [4.69, 9.17) is 4.74 Å². The number of para-hydroxylation sites is 1. The van der Waals surface area contributed by atoms with Gasteiger partial charge in [-0.3, -0.25) is 9.59 Å². The smallest absolute Gasteiger partial charge is 0.321 e. The van der Waals surface area contributed by atoms with E-state index in [0.717, 1.165) is 0 Å². The second-order valence-electron chi connectivity index (χ2n) is 4.35. The van der Waals surface area contributed by atoms with Crippen LogP contribution < -0.4 is 4.74 Å². The number of ether oxygens (including phenoxy) is 1. The van der Waals surface area contributed by atoms with Gasteiger partial charge in [0.15, 0.2) is 11.2 Å². The van der Waals surface area contributed by atoms with Crippen LogP contribution in [0.15, 0.2) is 24.3 Å². The molecule has 1 aliphatic rings. The minimum atomic E-state index is -1.50. The molecule has 0 saturated heterocycles. The number of fused-ring (bicyclic) bond motifs is 1. The number of aliphatic carboxylic acids is 1. The fourth-order valence-corrected chi connectivity index (χ4v) is 2.18. The molecule has 1 N–H and O–H groups in total. The molecule has 0 amide bonds. The lowest BCUT2D eigenvalue weighted by atomic mass is 9.74. The van der Waals surface area contributed by atoms with Crippen molar-refractivity contribution >= 4 is 11.8 Å². The molecule has 4 nitrogen and oxygen atoms in total. The summed E-state index contributed by atoms with van der Waals surface area (Å²) in [5.41, 5.74) is -1.15. The number of rotatable bonds is 2. The highest BCUT2D eigenvalue weighted by molar-refractivity contribution is 6.14. The zero-order valence-corrected chi connectivity index (χ0v) is 9.77. The molecule has 2 unspecified atom stereocenters. The summed E-state index contributed by atoms with van der Waals surface area (Å²) in [5.74, 6) is -1.04. The number of benzene rings is 1. The fourth-order valence-electron chi connectivity index (χ4n) is 2.18. The van der Waals surface area contributed by atoms with E-state index >= 15 is 0 Å². The van der Waals surface area contributed by atoms with Crippen LogP contribution >= 0.6 is 0 Å². The predicted molar refractivity (Wildman–Crippen MR) is 61.2 cm³/mol. The Morgan fingerprint density at radius 1 is 1.47 bits per heavy atom. The first-order valence-electron chi connectivity index (χ1n) is 5.55. The third-order valence-electron chi connectivity index (χ3n) is 3.33. The monoisotopic (exact) mass is 234 g/mol. The lowest BCUT2D eigenvalue weighted by Gasteiger charge is -2.37. The summed E-state index contributed by atoms with van der Waals surface area (Å²) in [5, 5.41) is 9.29. The molecule has 2 rings (SSSR count). The number of carbonyl (C=O) groups excluding carboxylic acids is 1. The average molecular weight is 234 g/mol. The number of carbonyl (C=O) groups is 2. The van der Waals surface area contributed by atoms with Gasteiger partial charge in [-0.2, -0.15) is 0 Å². The second-order valence-corrected chi connectivity index (χ2v) is 4.35. The third-order valence-corrected chi connectivity index (χ3v) is 3.33. The zero-order chi connectivity index (χ0) is 12.6. The first-order valence-corrected chi connectivity index (χ1v) is 5.55. The molecule has 0 fully saturated rings. The maximum atomic E-state index is 12.3. The maximum absolute atomic E-state index is 12.3. The summed E-state index contributed by atoms with van der Waals surface area (Å²) in [6, 6.07) is 6.76. The molecule has 0 aliphatic carbocycles. The van der Waals surface area contributed by atoms with E-state index in [9.17, 15) is 14.7 Å². The van der Waals surface area contributed by atoms with Gasteiger partial charge in [-0.15, -0.1) is 0 Å². The highest BCUT2D eigenvalue weighted by atomic mass is 16.5. The Kier molecular flexibility index (Phi) is 2.65. The maximum Gasteiger partial charge on any atom is 0.321 e. The molecular weight excluding hydrogens is 220 g/mol. The zero-order valence-electron chi connectivity index (χ0n) is 9.77. The van der Waals surface area contributed by atoms with E-state index in [-0.39, 0.29) is 5.78 Å². The van der Waals surface area contributed by atoms with Gasteiger partial charge in [0.2, 0.25) is 0 Å². The van der Waals surface area contributed by atoms with Crippen LogP contribution in [-0.2, 0) is 4.79 Å². The van der Waals surface area contributed by atoms with Crippen molar-refractivity contribution in [1.29, 1.82) is 0 Å². The molecule has 1 aliphatic heterocycles. The van der Waals surface area contributed by atoms with Crippen LogP contribution in [0.3, 0.4) is 0 Å². The number of carboxylic acids is 1. The molecule has 2 atom stereocenters. The van der Waals surface area contributed by atoms with Crippen molar-refractivity contribution in [3.8, 4) is 5.75 Å². The van der Waals surface area contributed by atoms with Crippen molar-refractivity contribution < 1.29 is 19.4 Å². The van der Waals surface area contributed by atoms with Crippen molar-refractivity contribution in [1.82, 2.24) is 0 Å². The van der Waals surface area contributed by atoms with Crippen LogP contribution in [0.2, 0.25) is 0 Å². The summed E-state index contributed by atoms with van der Waals surface area (Å²) in [6.07, 6.45) is -0.148. The van der Waals surface area contributed by atoms with Crippen LogP contribution in [-0.4, -0.2) is 23.0 Å². The molecule has 17 heavy (non-hydrogen) atoms. The number of hydrogen-bond acceptors (Lipinski definition) is 3. The summed E-state index contributed by atoms with van der Waals surface area (Å²) >= 11 is 0. The lowest BCUT2D eigenvalue weighted by molar-refractivity contribution is -0.150. The third kappa shape index (κ3) is 1.52. The Balaban J connectivity index is 2.58. The van der Waals surface area contributed by atoms with Gasteiger partial charge >= 0.3 is 5.97 Å². The quantitative estimate of drug-likeness (QED) is 0.796. The Bertz CT molecular complexity index is 480. The van der Waals surface area contributed by atoms with Crippen molar-refractivity contribution in [3.05, 3.63) is 29.8 Å². The number of hydrogen-bond donors (Lipinski definition) is 1. The number of carboxylic acid groups (broad SMARTS) is 1. The van der Waals surface area contributed by atoms with E-state index in [2.05, 4.69) is 0 Å².